The Bertz CT molecular complexity index is 405. The van der Waals surface area contributed by atoms with Crippen molar-refractivity contribution in [2.45, 2.75) is 58.5 Å². The molecule has 0 bridgehead atoms. The lowest BCUT2D eigenvalue weighted by molar-refractivity contribution is 0.00989. The average molecular weight is 383 g/mol. The minimum absolute atomic E-state index is 0.388. The van der Waals surface area contributed by atoms with Crippen LogP contribution in [-0.2, 0) is 9.47 Å². The van der Waals surface area contributed by atoms with Crippen LogP contribution in [0.2, 0.25) is 0 Å². The fourth-order valence-corrected chi connectivity index (χ4v) is 4.00. The molecule has 0 aromatic carbocycles. The smallest absolute Gasteiger partial charge is 0.193 e. The highest BCUT2D eigenvalue weighted by Gasteiger charge is 2.22. The highest BCUT2D eigenvalue weighted by molar-refractivity contribution is 5.80. The van der Waals surface area contributed by atoms with E-state index in [2.05, 4.69) is 29.0 Å². The van der Waals surface area contributed by atoms with E-state index in [1.165, 1.54) is 38.9 Å². The van der Waals surface area contributed by atoms with E-state index in [-0.39, 0.29) is 0 Å². The Labute approximate surface area is 166 Å². The molecule has 1 unspecified atom stereocenters. The average Bonchev–Trinajstić information content (AvgIpc) is 2.70. The molecular formula is C21H42N4O2. The Morgan fingerprint density at radius 3 is 2.52 bits per heavy atom. The van der Waals surface area contributed by atoms with Gasteiger partial charge in [-0.2, -0.15) is 0 Å². The van der Waals surface area contributed by atoms with Gasteiger partial charge in [0.1, 0.15) is 0 Å². The largest absolute Gasteiger partial charge is 0.385 e. The van der Waals surface area contributed by atoms with Gasteiger partial charge in [0, 0.05) is 53.0 Å². The van der Waals surface area contributed by atoms with Crippen molar-refractivity contribution in [1.29, 1.82) is 0 Å². The van der Waals surface area contributed by atoms with Crippen LogP contribution in [0.4, 0.5) is 0 Å². The zero-order chi connectivity index (χ0) is 19.3. The molecule has 0 radical (unpaired) electrons. The van der Waals surface area contributed by atoms with E-state index >= 15 is 0 Å². The molecule has 2 rings (SSSR count). The summed E-state index contributed by atoms with van der Waals surface area (Å²) in [6.07, 6.45) is 7.66. The number of methoxy groups -OCH3 is 1. The third-order valence-corrected chi connectivity index (χ3v) is 5.49. The normalized spacial score (nSPS) is 21.4. The Kier molecular flexibility index (Phi) is 11.1. The lowest BCUT2D eigenvalue weighted by atomic mass is 10.1. The van der Waals surface area contributed by atoms with Crippen LogP contribution >= 0.6 is 0 Å². The van der Waals surface area contributed by atoms with Crippen LogP contribution in [0.25, 0.3) is 0 Å². The van der Waals surface area contributed by atoms with E-state index in [9.17, 15) is 0 Å². The highest BCUT2D eigenvalue weighted by atomic mass is 16.5. The van der Waals surface area contributed by atoms with E-state index in [0.29, 0.717) is 12.0 Å². The number of aliphatic imine (C=N–C) groups is 1. The summed E-state index contributed by atoms with van der Waals surface area (Å²) < 4.78 is 11.1. The van der Waals surface area contributed by atoms with Gasteiger partial charge in [-0.15, -0.1) is 0 Å². The summed E-state index contributed by atoms with van der Waals surface area (Å²) in [5.41, 5.74) is 0. The van der Waals surface area contributed by atoms with Crippen LogP contribution < -0.4 is 5.32 Å². The number of nitrogens with zero attached hydrogens (tertiary/aromatic N) is 3. The molecule has 2 heterocycles. The second kappa shape index (κ2) is 13.3. The molecule has 6 heteroatoms. The molecule has 0 saturated carbocycles. The predicted molar refractivity (Wildman–Crippen MR) is 112 cm³/mol. The molecule has 0 aromatic rings. The number of guanidine groups is 1. The molecule has 1 N–H and O–H groups in total. The van der Waals surface area contributed by atoms with E-state index in [1.54, 1.807) is 7.11 Å². The van der Waals surface area contributed by atoms with Crippen molar-refractivity contribution in [3.8, 4) is 0 Å². The molecule has 0 aliphatic carbocycles. The molecule has 2 fully saturated rings. The second-order valence-electron chi connectivity index (χ2n) is 8.06. The Hall–Kier alpha value is -0.850. The standard InChI is InChI=1S/C21H42N4O2/c1-4-22-21(23-17-19(2)18-24-11-6-5-7-12-24)25-13-9-20(10-14-25)27-16-8-15-26-3/h19-20H,4-18H2,1-3H3,(H,22,23). The predicted octanol–water partition coefficient (Wildman–Crippen LogP) is 2.59. The Morgan fingerprint density at radius 2 is 1.85 bits per heavy atom. The number of rotatable bonds is 10. The number of likely N-dealkylation sites (tertiary alicyclic amines) is 2. The summed E-state index contributed by atoms with van der Waals surface area (Å²) in [6.45, 7) is 13.7. The number of nitrogens with one attached hydrogen (secondary N) is 1. The van der Waals surface area contributed by atoms with Crippen LogP contribution in [0, 0.1) is 5.92 Å². The zero-order valence-corrected chi connectivity index (χ0v) is 17.9. The SMILES string of the molecule is CCNC(=NCC(C)CN1CCCCC1)N1CCC(OCCCOC)CC1. The van der Waals surface area contributed by atoms with Gasteiger partial charge in [0.05, 0.1) is 6.10 Å². The Morgan fingerprint density at radius 1 is 1.11 bits per heavy atom. The van der Waals surface area contributed by atoms with Gasteiger partial charge in [0.25, 0.3) is 0 Å². The van der Waals surface area contributed by atoms with Gasteiger partial charge in [-0.1, -0.05) is 13.3 Å². The van der Waals surface area contributed by atoms with Gasteiger partial charge in [0.2, 0.25) is 0 Å². The maximum atomic E-state index is 5.98. The van der Waals surface area contributed by atoms with Crippen LogP contribution in [-0.4, -0.2) is 88.0 Å². The third kappa shape index (κ3) is 8.79. The van der Waals surface area contributed by atoms with Crippen molar-refractivity contribution in [1.82, 2.24) is 15.1 Å². The van der Waals surface area contributed by atoms with Gasteiger partial charge in [-0.25, -0.2) is 0 Å². The first-order valence-electron chi connectivity index (χ1n) is 11.1. The topological polar surface area (TPSA) is 49.3 Å². The van der Waals surface area contributed by atoms with Crippen molar-refractivity contribution in [2.24, 2.45) is 10.9 Å². The second-order valence-corrected chi connectivity index (χ2v) is 8.06. The molecule has 1 atom stereocenters. The molecule has 0 amide bonds. The first kappa shape index (κ1) is 22.4. The maximum Gasteiger partial charge on any atom is 0.193 e. The molecular weight excluding hydrogens is 340 g/mol. The van der Waals surface area contributed by atoms with E-state index in [1.807, 2.05) is 0 Å². The zero-order valence-electron chi connectivity index (χ0n) is 17.9. The number of hydrogen-bond donors (Lipinski definition) is 1. The van der Waals surface area contributed by atoms with Crippen LogP contribution in [0.1, 0.15) is 52.4 Å². The monoisotopic (exact) mass is 382 g/mol. The summed E-state index contributed by atoms with van der Waals surface area (Å²) in [5.74, 6) is 1.69. The molecule has 0 spiro atoms. The number of ether oxygens (including phenoxy) is 2. The lowest BCUT2D eigenvalue weighted by Crippen LogP contribution is -2.47. The minimum atomic E-state index is 0.388. The summed E-state index contributed by atoms with van der Waals surface area (Å²) in [6, 6.07) is 0. The highest BCUT2D eigenvalue weighted by Crippen LogP contribution is 2.15. The van der Waals surface area contributed by atoms with Gasteiger partial charge >= 0.3 is 0 Å². The summed E-state index contributed by atoms with van der Waals surface area (Å²) in [4.78, 5) is 9.98. The Balaban J connectivity index is 1.72. The van der Waals surface area contributed by atoms with Crippen LogP contribution in [0.5, 0.6) is 0 Å². The molecule has 6 nitrogen and oxygen atoms in total. The fraction of sp³-hybridized carbons (Fsp3) is 0.952. The van der Waals surface area contributed by atoms with Crippen molar-refractivity contribution in [2.75, 3.05) is 66.1 Å². The molecule has 0 aromatic heterocycles. The minimum Gasteiger partial charge on any atom is -0.385 e. The van der Waals surface area contributed by atoms with Crippen molar-refractivity contribution in [3.63, 3.8) is 0 Å². The fourth-order valence-electron chi connectivity index (χ4n) is 4.00. The van der Waals surface area contributed by atoms with E-state index < -0.39 is 0 Å². The van der Waals surface area contributed by atoms with Gasteiger partial charge in [-0.3, -0.25) is 4.99 Å². The van der Waals surface area contributed by atoms with Gasteiger partial charge < -0.3 is 24.6 Å². The van der Waals surface area contributed by atoms with Crippen molar-refractivity contribution < 1.29 is 9.47 Å². The first-order valence-corrected chi connectivity index (χ1v) is 11.1. The molecule has 2 aliphatic rings. The summed E-state index contributed by atoms with van der Waals surface area (Å²) in [5, 5.41) is 3.49. The summed E-state index contributed by atoms with van der Waals surface area (Å²) in [7, 11) is 1.74. The molecule has 2 aliphatic heterocycles. The summed E-state index contributed by atoms with van der Waals surface area (Å²) >= 11 is 0. The first-order chi connectivity index (χ1) is 13.2. The third-order valence-electron chi connectivity index (χ3n) is 5.49. The number of piperidine rings is 2. The van der Waals surface area contributed by atoms with Gasteiger partial charge in [0.15, 0.2) is 5.96 Å². The lowest BCUT2D eigenvalue weighted by Gasteiger charge is -2.34. The van der Waals surface area contributed by atoms with Crippen molar-refractivity contribution in [3.05, 3.63) is 0 Å². The van der Waals surface area contributed by atoms with Gasteiger partial charge in [-0.05, 0) is 58.0 Å². The van der Waals surface area contributed by atoms with E-state index in [0.717, 1.165) is 64.6 Å². The van der Waals surface area contributed by atoms with Crippen molar-refractivity contribution >= 4 is 5.96 Å². The quantitative estimate of drug-likeness (QED) is 0.358. The molecule has 2 saturated heterocycles. The van der Waals surface area contributed by atoms with E-state index in [4.69, 9.17) is 14.5 Å². The number of hydrogen-bond acceptors (Lipinski definition) is 4. The van der Waals surface area contributed by atoms with Crippen LogP contribution in [0.15, 0.2) is 4.99 Å². The van der Waals surface area contributed by atoms with Crippen LogP contribution in [0.3, 0.4) is 0 Å². The molecule has 27 heavy (non-hydrogen) atoms. The molecule has 158 valence electrons. The maximum absolute atomic E-state index is 5.98.